The second-order valence-electron chi connectivity index (χ2n) is 2.28. The Morgan fingerprint density at radius 3 is 2.36 bits per heavy atom. The molecule has 0 N–H and O–H groups in total. The van der Waals surface area contributed by atoms with Gasteiger partial charge in [0.2, 0.25) is 0 Å². The highest BCUT2D eigenvalue weighted by Gasteiger charge is 2.05. The van der Waals surface area contributed by atoms with Crippen molar-refractivity contribution in [1.29, 1.82) is 0 Å². The van der Waals surface area contributed by atoms with Crippen LogP contribution in [0.2, 0.25) is 0 Å². The Balaban J connectivity index is 3.13. The van der Waals surface area contributed by atoms with Gasteiger partial charge < -0.3 is 0 Å². The summed E-state index contributed by atoms with van der Waals surface area (Å²) in [5.74, 6) is 0. The number of halogens is 3. The Morgan fingerprint density at radius 1 is 1.27 bits per heavy atom. The van der Waals surface area contributed by atoms with Gasteiger partial charge in [0.25, 0.3) is 0 Å². The fourth-order valence-corrected chi connectivity index (χ4v) is 2.47. The summed E-state index contributed by atoms with van der Waals surface area (Å²) in [6.45, 7) is 2.10. The van der Waals surface area contributed by atoms with Crippen LogP contribution in [0.1, 0.15) is 17.3 Å². The topological polar surface area (TPSA) is 0 Å². The molecule has 0 amide bonds. The third-order valence-corrected chi connectivity index (χ3v) is 3.10. The maximum absolute atomic E-state index is 3.52. The normalized spacial score (nSPS) is 13.1. The zero-order chi connectivity index (χ0) is 8.43. The van der Waals surface area contributed by atoms with Gasteiger partial charge in [-0.2, -0.15) is 0 Å². The van der Waals surface area contributed by atoms with Crippen LogP contribution < -0.4 is 0 Å². The highest BCUT2D eigenvalue weighted by molar-refractivity contribution is 9.11. The minimum atomic E-state index is 0.384. The summed E-state index contributed by atoms with van der Waals surface area (Å²) in [6.07, 6.45) is 0. The number of alkyl halides is 1. The lowest BCUT2D eigenvalue weighted by atomic mass is 10.2. The molecule has 0 aliphatic heterocycles. The second kappa shape index (κ2) is 4.06. The van der Waals surface area contributed by atoms with Gasteiger partial charge in [-0.05, 0) is 30.7 Å². The Morgan fingerprint density at radius 2 is 1.91 bits per heavy atom. The zero-order valence-electron chi connectivity index (χ0n) is 5.94. The van der Waals surface area contributed by atoms with Crippen LogP contribution in [0, 0.1) is 0 Å². The summed E-state index contributed by atoms with van der Waals surface area (Å²) < 4.78 is 2.26. The predicted molar refractivity (Wildman–Crippen MR) is 59.2 cm³/mol. The van der Waals surface area contributed by atoms with E-state index in [0.29, 0.717) is 4.83 Å². The van der Waals surface area contributed by atoms with E-state index in [9.17, 15) is 0 Å². The van der Waals surface area contributed by atoms with Gasteiger partial charge in [0.1, 0.15) is 0 Å². The molecule has 1 atom stereocenters. The van der Waals surface area contributed by atoms with Gasteiger partial charge in [0.05, 0.1) is 0 Å². The molecule has 0 saturated carbocycles. The first-order valence-electron chi connectivity index (χ1n) is 3.20. The molecule has 0 aliphatic carbocycles. The van der Waals surface area contributed by atoms with Crippen LogP contribution in [0.3, 0.4) is 0 Å². The molecule has 0 nitrogen and oxygen atoms in total. The van der Waals surface area contributed by atoms with Gasteiger partial charge >= 0.3 is 0 Å². The first-order valence-corrected chi connectivity index (χ1v) is 5.70. The van der Waals surface area contributed by atoms with Crippen LogP contribution in [-0.4, -0.2) is 0 Å². The van der Waals surface area contributed by atoms with Crippen molar-refractivity contribution in [3.05, 3.63) is 32.7 Å². The van der Waals surface area contributed by atoms with E-state index in [0.717, 1.165) is 8.95 Å². The SMILES string of the molecule is CC(Br)c1cc(Br)ccc1Br. The molecular formula is C8H7Br3. The largest absolute Gasteiger partial charge is 0.0841 e. The van der Waals surface area contributed by atoms with E-state index in [1.54, 1.807) is 0 Å². The number of benzene rings is 1. The number of rotatable bonds is 1. The van der Waals surface area contributed by atoms with E-state index in [1.807, 2.05) is 12.1 Å². The molecule has 60 valence electrons. The van der Waals surface area contributed by atoms with Crippen molar-refractivity contribution in [3.8, 4) is 0 Å². The van der Waals surface area contributed by atoms with Gasteiger partial charge in [-0.25, -0.2) is 0 Å². The van der Waals surface area contributed by atoms with E-state index in [1.165, 1.54) is 5.56 Å². The molecule has 1 aromatic carbocycles. The molecule has 0 saturated heterocycles. The van der Waals surface area contributed by atoms with E-state index in [4.69, 9.17) is 0 Å². The Bertz CT molecular complexity index is 256. The zero-order valence-corrected chi connectivity index (χ0v) is 10.7. The van der Waals surface area contributed by atoms with Crippen molar-refractivity contribution >= 4 is 47.8 Å². The third kappa shape index (κ3) is 2.56. The highest BCUT2D eigenvalue weighted by Crippen LogP contribution is 2.31. The summed E-state index contributed by atoms with van der Waals surface area (Å²) >= 11 is 10.4. The van der Waals surface area contributed by atoms with Crippen molar-refractivity contribution < 1.29 is 0 Å². The van der Waals surface area contributed by atoms with Crippen LogP contribution >= 0.6 is 47.8 Å². The highest BCUT2D eigenvalue weighted by atomic mass is 79.9. The molecular weight excluding hydrogens is 336 g/mol. The molecule has 3 heteroatoms. The van der Waals surface area contributed by atoms with E-state index in [2.05, 4.69) is 60.8 Å². The molecule has 11 heavy (non-hydrogen) atoms. The monoisotopic (exact) mass is 340 g/mol. The Kier molecular flexibility index (Phi) is 3.59. The van der Waals surface area contributed by atoms with Crippen LogP contribution in [0.5, 0.6) is 0 Å². The van der Waals surface area contributed by atoms with E-state index >= 15 is 0 Å². The molecule has 0 aliphatic rings. The van der Waals surface area contributed by atoms with Crippen molar-refractivity contribution in [2.24, 2.45) is 0 Å². The first-order chi connectivity index (χ1) is 5.11. The summed E-state index contributed by atoms with van der Waals surface area (Å²) in [6, 6.07) is 6.16. The molecule has 0 spiro atoms. The maximum atomic E-state index is 3.52. The summed E-state index contributed by atoms with van der Waals surface area (Å²) in [5.41, 5.74) is 1.26. The van der Waals surface area contributed by atoms with E-state index < -0.39 is 0 Å². The molecule has 0 aromatic heterocycles. The minimum absolute atomic E-state index is 0.384. The molecule has 0 heterocycles. The average molecular weight is 343 g/mol. The predicted octanol–water partition coefficient (Wildman–Crippen LogP) is 4.67. The fraction of sp³-hybridized carbons (Fsp3) is 0.250. The van der Waals surface area contributed by atoms with Crippen LogP contribution in [0.4, 0.5) is 0 Å². The quantitative estimate of drug-likeness (QED) is 0.651. The molecule has 1 aromatic rings. The minimum Gasteiger partial charge on any atom is -0.0841 e. The molecule has 1 unspecified atom stereocenters. The third-order valence-electron chi connectivity index (χ3n) is 1.39. The molecule has 0 radical (unpaired) electrons. The van der Waals surface area contributed by atoms with Gasteiger partial charge in [0.15, 0.2) is 0 Å². The van der Waals surface area contributed by atoms with Gasteiger partial charge in [-0.1, -0.05) is 47.8 Å². The van der Waals surface area contributed by atoms with Gasteiger partial charge in [-0.3, -0.25) is 0 Å². The van der Waals surface area contributed by atoms with Crippen LogP contribution in [-0.2, 0) is 0 Å². The fourth-order valence-electron chi connectivity index (χ4n) is 0.819. The van der Waals surface area contributed by atoms with Gasteiger partial charge in [0, 0.05) is 13.8 Å². The van der Waals surface area contributed by atoms with Crippen LogP contribution in [0.25, 0.3) is 0 Å². The van der Waals surface area contributed by atoms with Crippen LogP contribution in [0.15, 0.2) is 27.1 Å². The maximum Gasteiger partial charge on any atom is 0.0378 e. The second-order valence-corrected chi connectivity index (χ2v) is 5.43. The lowest BCUT2D eigenvalue weighted by Gasteiger charge is -2.06. The number of hydrogen-bond donors (Lipinski definition) is 0. The van der Waals surface area contributed by atoms with Crippen molar-refractivity contribution in [2.75, 3.05) is 0 Å². The smallest absolute Gasteiger partial charge is 0.0378 e. The first kappa shape index (κ1) is 9.75. The summed E-state index contributed by atoms with van der Waals surface area (Å²) in [5, 5.41) is 0. The number of hydrogen-bond acceptors (Lipinski definition) is 0. The Hall–Kier alpha value is 0.660. The van der Waals surface area contributed by atoms with Crippen molar-refractivity contribution in [3.63, 3.8) is 0 Å². The summed E-state index contributed by atoms with van der Waals surface area (Å²) in [4.78, 5) is 0.384. The molecule has 0 fully saturated rings. The van der Waals surface area contributed by atoms with Crippen molar-refractivity contribution in [2.45, 2.75) is 11.8 Å². The Labute approximate surface area is 91.8 Å². The van der Waals surface area contributed by atoms with Crippen molar-refractivity contribution in [1.82, 2.24) is 0 Å². The molecule has 0 bridgehead atoms. The molecule has 1 rings (SSSR count). The standard InChI is InChI=1S/C8H7Br3/c1-5(9)7-4-6(10)2-3-8(7)11/h2-5H,1H3. The van der Waals surface area contributed by atoms with E-state index in [-0.39, 0.29) is 0 Å². The average Bonchev–Trinajstić information content (AvgIpc) is 1.94. The van der Waals surface area contributed by atoms with Gasteiger partial charge in [-0.15, -0.1) is 0 Å². The lowest BCUT2D eigenvalue weighted by Crippen LogP contribution is -1.84. The lowest BCUT2D eigenvalue weighted by molar-refractivity contribution is 1.11. The summed E-state index contributed by atoms with van der Waals surface area (Å²) in [7, 11) is 0.